The number of carbonyl (C=O) groups excluding carboxylic acids is 3. The lowest BCUT2D eigenvalue weighted by Crippen LogP contribution is -2.29. The molecule has 3 aromatic rings. The molecule has 47 heavy (non-hydrogen) atoms. The van der Waals surface area contributed by atoms with Gasteiger partial charge >= 0.3 is 25.0 Å². The first kappa shape index (κ1) is 36.3. The van der Waals surface area contributed by atoms with Gasteiger partial charge in [-0.3, -0.25) is 0 Å². The van der Waals surface area contributed by atoms with Crippen LogP contribution in [0.5, 0.6) is 11.5 Å². The number of hydrogen-bond acceptors (Lipinski definition) is 10. The molecule has 0 amide bonds. The predicted molar refractivity (Wildman–Crippen MR) is 177 cm³/mol. The van der Waals surface area contributed by atoms with Crippen LogP contribution in [0.4, 0.5) is 0 Å². The summed E-state index contributed by atoms with van der Waals surface area (Å²) in [5.41, 5.74) is 3.20. The van der Waals surface area contributed by atoms with Crippen LogP contribution in [0.15, 0.2) is 108 Å². The third-order valence-electron chi connectivity index (χ3n) is 7.19. The highest BCUT2D eigenvalue weighted by Gasteiger charge is 2.15. The van der Waals surface area contributed by atoms with E-state index in [9.17, 15) is 24.4 Å². The fraction of sp³-hybridized carbons (Fsp3) is 0.250. The number of hydrogen-bond donors (Lipinski definition) is 2. The van der Waals surface area contributed by atoms with Gasteiger partial charge in [0.2, 0.25) is 0 Å². The Labute approximate surface area is 275 Å². The minimum Gasteiger partial charge on any atom is -0.494 e. The minimum absolute atomic E-state index is 0.265. The van der Waals surface area contributed by atoms with Gasteiger partial charge < -0.3 is 33.7 Å². The molecule has 0 saturated heterocycles. The van der Waals surface area contributed by atoms with Crippen molar-refractivity contribution in [2.75, 3.05) is 13.2 Å². The average molecular weight is 643 g/mol. The van der Waals surface area contributed by atoms with Crippen LogP contribution >= 0.6 is 0 Å². The van der Waals surface area contributed by atoms with Crippen molar-refractivity contribution in [1.29, 1.82) is 0 Å². The summed E-state index contributed by atoms with van der Waals surface area (Å²) in [6, 6.07) is 19.8. The zero-order valence-corrected chi connectivity index (χ0v) is 27.0. The first-order valence-corrected chi connectivity index (χ1v) is 15.0. The lowest BCUT2D eigenvalue weighted by molar-refractivity contribution is -0.137. The molecule has 3 rings (SSSR count). The number of unbranched alkanes of at least 4 members (excludes halogenated alkanes) is 1. The number of benzene rings is 3. The molecule has 10 nitrogen and oxygen atoms in total. The summed E-state index contributed by atoms with van der Waals surface area (Å²) < 4.78 is 27.5. The molecule has 2 N–H and O–H groups in total. The Morgan fingerprint density at radius 2 is 1.15 bits per heavy atom. The second-order valence-corrected chi connectivity index (χ2v) is 10.5. The average Bonchev–Trinajstić information content (AvgIpc) is 3.08. The van der Waals surface area contributed by atoms with Gasteiger partial charge in [0.1, 0.15) is 29.6 Å². The van der Waals surface area contributed by atoms with Crippen LogP contribution < -0.4 is 14.9 Å². The molecule has 3 aromatic carbocycles. The number of rotatable bonds is 16. The van der Waals surface area contributed by atoms with Crippen LogP contribution in [0.25, 0.3) is 0 Å². The molecule has 0 unspecified atom stereocenters. The maximum absolute atomic E-state index is 12.8. The molecule has 0 aliphatic carbocycles. The number of esters is 3. The Balaban J connectivity index is 1.49. The molecule has 0 aromatic heterocycles. The van der Waals surface area contributed by atoms with Crippen molar-refractivity contribution >= 4 is 30.5 Å². The number of carbonyl (C=O) groups is 3. The Kier molecular flexibility index (Phi) is 14.0. The maximum atomic E-state index is 12.8. The molecule has 0 heterocycles. The van der Waals surface area contributed by atoms with Crippen LogP contribution in [-0.4, -0.2) is 48.3 Å². The quantitative estimate of drug-likeness (QED) is 0.0396. The van der Waals surface area contributed by atoms with Gasteiger partial charge in [-0.1, -0.05) is 30.8 Å². The van der Waals surface area contributed by atoms with Crippen LogP contribution in [0.1, 0.15) is 66.8 Å². The smallest absolute Gasteiger partial charge is 0.488 e. The van der Waals surface area contributed by atoms with Gasteiger partial charge in [-0.15, -0.1) is 0 Å². The van der Waals surface area contributed by atoms with E-state index in [4.69, 9.17) is 23.7 Å². The standard InChI is InChI=1S/C36H39BO10/c1-6-34(38)44-22-8-7-21-43-32-17-11-29(12-18-32)35(39)46-26(4)24(2)25(3)27(5)47-36(40)30-13-19-33(20-14-30)45-23-28-9-15-31(16-10-28)37(41)42/h6,9-20,41-42H,1,7-8,21-23H2,2-5H3/b26-24+,27-25+. The van der Waals surface area contributed by atoms with Crippen LogP contribution in [0, 0.1) is 0 Å². The van der Waals surface area contributed by atoms with Crippen molar-refractivity contribution < 1.29 is 48.1 Å². The van der Waals surface area contributed by atoms with Crippen molar-refractivity contribution in [3.8, 4) is 11.5 Å². The van der Waals surface area contributed by atoms with E-state index in [1.54, 1.807) is 100 Å². The van der Waals surface area contributed by atoms with E-state index in [0.29, 0.717) is 76.8 Å². The SMILES string of the molecule is C=CC(=O)OCCCCOc1ccc(C(=O)O/C(C)=C(C)/C(C)=C(\C)OC(=O)c2ccc(OCc3ccc(B(O)O)cc3)cc2)cc1. The normalized spacial score (nSPS) is 11.8. The predicted octanol–water partition coefficient (Wildman–Crippen LogP) is 5.44. The van der Waals surface area contributed by atoms with Crippen molar-refractivity contribution in [3.63, 3.8) is 0 Å². The van der Waals surface area contributed by atoms with E-state index < -0.39 is 25.0 Å². The van der Waals surface area contributed by atoms with E-state index in [-0.39, 0.29) is 6.61 Å². The zero-order valence-electron chi connectivity index (χ0n) is 27.0. The minimum atomic E-state index is -1.52. The van der Waals surface area contributed by atoms with Crippen molar-refractivity contribution in [1.82, 2.24) is 0 Å². The van der Waals surface area contributed by atoms with Gasteiger partial charge in [-0.25, -0.2) is 14.4 Å². The molecule has 0 aliphatic rings. The first-order valence-electron chi connectivity index (χ1n) is 15.0. The largest absolute Gasteiger partial charge is 0.494 e. The molecule has 0 saturated carbocycles. The Hall–Kier alpha value is -5.13. The monoisotopic (exact) mass is 642 g/mol. The summed E-state index contributed by atoms with van der Waals surface area (Å²) in [4.78, 5) is 36.6. The molecule has 0 fully saturated rings. The Bertz CT molecular complexity index is 1590. The van der Waals surface area contributed by atoms with Crippen molar-refractivity contribution in [3.05, 3.63) is 125 Å². The Morgan fingerprint density at radius 1 is 0.681 bits per heavy atom. The van der Waals surface area contributed by atoms with Crippen molar-refractivity contribution in [2.24, 2.45) is 0 Å². The molecule has 0 atom stereocenters. The summed E-state index contributed by atoms with van der Waals surface area (Å²) in [5, 5.41) is 18.4. The molecule has 0 radical (unpaired) electrons. The van der Waals surface area contributed by atoms with E-state index in [0.717, 1.165) is 11.6 Å². The zero-order chi connectivity index (χ0) is 34.3. The van der Waals surface area contributed by atoms with Gasteiger partial charge in [0, 0.05) is 6.08 Å². The van der Waals surface area contributed by atoms with Gasteiger partial charge in [0.25, 0.3) is 0 Å². The van der Waals surface area contributed by atoms with E-state index in [1.807, 2.05) is 0 Å². The van der Waals surface area contributed by atoms with Gasteiger partial charge in [-0.05, 0) is 111 Å². The van der Waals surface area contributed by atoms with Crippen LogP contribution in [-0.2, 0) is 25.6 Å². The lowest BCUT2D eigenvalue weighted by Gasteiger charge is -2.13. The van der Waals surface area contributed by atoms with Gasteiger partial charge in [0.05, 0.1) is 24.3 Å². The lowest BCUT2D eigenvalue weighted by atomic mass is 9.80. The second kappa shape index (κ2) is 18.1. The number of ether oxygens (including phenoxy) is 5. The van der Waals surface area contributed by atoms with Gasteiger partial charge in [-0.2, -0.15) is 0 Å². The third-order valence-corrected chi connectivity index (χ3v) is 7.19. The summed E-state index contributed by atoms with van der Waals surface area (Å²) in [5.74, 6) is 0.335. The Morgan fingerprint density at radius 3 is 1.62 bits per heavy atom. The molecule has 0 bridgehead atoms. The molecular formula is C36H39BO10. The molecule has 0 aliphatic heterocycles. The number of allylic oxidation sites excluding steroid dienone is 4. The topological polar surface area (TPSA) is 138 Å². The maximum Gasteiger partial charge on any atom is 0.488 e. The fourth-order valence-corrected chi connectivity index (χ4v) is 4.03. The summed E-state index contributed by atoms with van der Waals surface area (Å²) in [6.45, 7) is 11.2. The highest BCUT2D eigenvalue weighted by atomic mass is 16.5. The van der Waals surface area contributed by atoms with Crippen LogP contribution in [0.3, 0.4) is 0 Å². The summed E-state index contributed by atoms with van der Waals surface area (Å²) in [6.07, 6.45) is 2.47. The first-order chi connectivity index (χ1) is 22.5. The molecular weight excluding hydrogens is 603 g/mol. The highest BCUT2D eigenvalue weighted by Crippen LogP contribution is 2.23. The van der Waals surface area contributed by atoms with Crippen LogP contribution in [0.2, 0.25) is 0 Å². The van der Waals surface area contributed by atoms with E-state index in [2.05, 4.69) is 6.58 Å². The highest BCUT2D eigenvalue weighted by molar-refractivity contribution is 6.58. The molecule has 246 valence electrons. The third kappa shape index (κ3) is 11.6. The summed E-state index contributed by atoms with van der Waals surface area (Å²) >= 11 is 0. The van der Waals surface area contributed by atoms with E-state index >= 15 is 0 Å². The molecule has 0 spiro atoms. The van der Waals surface area contributed by atoms with Crippen molar-refractivity contribution in [2.45, 2.75) is 47.1 Å². The van der Waals surface area contributed by atoms with E-state index in [1.165, 1.54) is 0 Å². The molecule has 11 heteroatoms. The fourth-order valence-electron chi connectivity index (χ4n) is 4.03. The summed E-state index contributed by atoms with van der Waals surface area (Å²) in [7, 11) is -1.52. The second-order valence-electron chi connectivity index (χ2n) is 10.5. The van der Waals surface area contributed by atoms with Gasteiger partial charge in [0.15, 0.2) is 0 Å².